The lowest BCUT2D eigenvalue weighted by Crippen LogP contribution is -2.46. The third-order valence-electron chi connectivity index (χ3n) is 4.37. The van der Waals surface area contributed by atoms with Gasteiger partial charge in [0.15, 0.2) is 0 Å². The smallest absolute Gasteiger partial charge is 0.146 e. The molecule has 3 aromatic rings. The van der Waals surface area contributed by atoms with E-state index >= 15 is 0 Å². The average Bonchev–Trinajstić information content (AvgIpc) is 3.04. The van der Waals surface area contributed by atoms with Gasteiger partial charge in [0.2, 0.25) is 0 Å². The maximum atomic E-state index is 13.9. The van der Waals surface area contributed by atoms with Crippen LogP contribution in [0, 0.1) is 5.82 Å². The summed E-state index contributed by atoms with van der Waals surface area (Å²) in [6, 6.07) is 13.5. The molecule has 118 valence electrons. The SMILES string of the molecule is Fc1ccccc1N1CCN(Cc2ccc3ncsc3c2)CC1. The standard InChI is InChI=1S/C18H18FN3S/c19-15-3-1-2-4-17(15)22-9-7-21(8-10-22)12-14-5-6-16-18(11-14)23-13-20-16/h1-6,11,13H,7-10,12H2. The first kappa shape index (κ1) is 14.6. The summed E-state index contributed by atoms with van der Waals surface area (Å²) in [5.74, 6) is -0.128. The van der Waals surface area contributed by atoms with E-state index in [2.05, 4.69) is 33.0 Å². The van der Waals surface area contributed by atoms with Gasteiger partial charge in [-0.2, -0.15) is 0 Å². The van der Waals surface area contributed by atoms with Crippen molar-refractivity contribution in [2.24, 2.45) is 0 Å². The zero-order valence-electron chi connectivity index (χ0n) is 12.8. The number of benzene rings is 2. The van der Waals surface area contributed by atoms with Gasteiger partial charge < -0.3 is 4.90 Å². The number of halogens is 1. The van der Waals surface area contributed by atoms with E-state index in [-0.39, 0.29) is 5.82 Å². The Hall–Kier alpha value is -1.98. The summed E-state index contributed by atoms with van der Waals surface area (Å²) < 4.78 is 15.1. The van der Waals surface area contributed by atoms with Crippen LogP contribution < -0.4 is 4.90 Å². The van der Waals surface area contributed by atoms with Crippen LogP contribution >= 0.6 is 11.3 Å². The van der Waals surface area contributed by atoms with E-state index in [9.17, 15) is 4.39 Å². The fourth-order valence-electron chi connectivity index (χ4n) is 3.11. The van der Waals surface area contributed by atoms with Crippen molar-refractivity contribution >= 4 is 27.2 Å². The molecule has 0 amide bonds. The monoisotopic (exact) mass is 327 g/mol. The highest BCUT2D eigenvalue weighted by atomic mass is 32.1. The number of piperazine rings is 1. The normalized spacial score (nSPS) is 16.1. The Balaban J connectivity index is 1.40. The van der Waals surface area contributed by atoms with Gasteiger partial charge in [0.25, 0.3) is 0 Å². The largest absolute Gasteiger partial charge is 0.367 e. The maximum Gasteiger partial charge on any atom is 0.146 e. The molecular weight excluding hydrogens is 309 g/mol. The Labute approximate surface area is 139 Å². The molecule has 1 fully saturated rings. The van der Waals surface area contributed by atoms with Gasteiger partial charge in [-0.05, 0) is 29.8 Å². The number of fused-ring (bicyclic) bond motifs is 1. The molecule has 1 aliphatic heterocycles. The lowest BCUT2D eigenvalue weighted by atomic mass is 10.1. The molecule has 0 aliphatic carbocycles. The Morgan fingerprint density at radius 3 is 2.70 bits per heavy atom. The summed E-state index contributed by atoms with van der Waals surface area (Å²) in [5, 5.41) is 0. The Bertz CT molecular complexity index is 809. The third kappa shape index (κ3) is 3.07. The molecule has 1 aliphatic rings. The zero-order chi connectivity index (χ0) is 15.6. The summed E-state index contributed by atoms with van der Waals surface area (Å²) in [6.07, 6.45) is 0. The number of hydrogen-bond donors (Lipinski definition) is 0. The lowest BCUT2D eigenvalue weighted by molar-refractivity contribution is 0.249. The fourth-order valence-corrected chi connectivity index (χ4v) is 3.85. The molecule has 2 aromatic carbocycles. The van der Waals surface area contributed by atoms with Gasteiger partial charge in [0, 0.05) is 32.7 Å². The second-order valence-electron chi connectivity index (χ2n) is 5.87. The van der Waals surface area contributed by atoms with Crippen LogP contribution in [0.15, 0.2) is 48.0 Å². The minimum absolute atomic E-state index is 0.128. The molecule has 1 saturated heterocycles. The number of para-hydroxylation sites is 1. The van der Waals surface area contributed by atoms with Crippen molar-refractivity contribution in [2.45, 2.75) is 6.54 Å². The number of nitrogens with zero attached hydrogens (tertiary/aromatic N) is 3. The Kier molecular flexibility index (Phi) is 3.97. The summed E-state index contributed by atoms with van der Waals surface area (Å²) in [4.78, 5) is 8.89. The van der Waals surface area contributed by atoms with Gasteiger partial charge in [-0.1, -0.05) is 18.2 Å². The summed E-state index contributed by atoms with van der Waals surface area (Å²) in [5.41, 5.74) is 5.00. The first-order chi connectivity index (χ1) is 11.3. The van der Waals surface area contributed by atoms with Crippen LogP contribution in [0.2, 0.25) is 0 Å². The molecule has 1 aromatic heterocycles. The first-order valence-electron chi connectivity index (χ1n) is 7.83. The van der Waals surface area contributed by atoms with Crippen molar-refractivity contribution in [3.63, 3.8) is 0 Å². The number of anilines is 1. The van der Waals surface area contributed by atoms with E-state index in [1.165, 1.54) is 16.3 Å². The molecule has 0 N–H and O–H groups in total. The molecule has 0 atom stereocenters. The van der Waals surface area contributed by atoms with Crippen LogP contribution in [-0.4, -0.2) is 36.1 Å². The molecule has 0 radical (unpaired) electrons. The number of hydrogen-bond acceptors (Lipinski definition) is 4. The van der Waals surface area contributed by atoms with Crippen LogP contribution in [0.1, 0.15) is 5.56 Å². The van der Waals surface area contributed by atoms with E-state index < -0.39 is 0 Å². The van der Waals surface area contributed by atoms with Crippen LogP contribution in [0.25, 0.3) is 10.2 Å². The predicted molar refractivity (Wildman–Crippen MR) is 93.5 cm³/mol. The quantitative estimate of drug-likeness (QED) is 0.730. The average molecular weight is 327 g/mol. The molecule has 4 rings (SSSR count). The van der Waals surface area contributed by atoms with Gasteiger partial charge in [-0.25, -0.2) is 9.37 Å². The second kappa shape index (κ2) is 6.26. The van der Waals surface area contributed by atoms with Gasteiger partial charge >= 0.3 is 0 Å². The lowest BCUT2D eigenvalue weighted by Gasteiger charge is -2.36. The van der Waals surface area contributed by atoms with Crippen molar-refractivity contribution < 1.29 is 4.39 Å². The highest BCUT2D eigenvalue weighted by molar-refractivity contribution is 7.16. The van der Waals surface area contributed by atoms with Gasteiger partial charge in [0.1, 0.15) is 5.82 Å². The topological polar surface area (TPSA) is 19.4 Å². The number of aromatic nitrogens is 1. The van der Waals surface area contributed by atoms with E-state index in [0.717, 1.165) is 43.9 Å². The third-order valence-corrected chi connectivity index (χ3v) is 5.16. The van der Waals surface area contributed by atoms with E-state index in [4.69, 9.17) is 0 Å². The summed E-state index contributed by atoms with van der Waals surface area (Å²) >= 11 is 1.68. The van der Waals surface area contributed by atoms with E-state index in [1.807, 2.05) is 17.6 Å². The van der Waals surface area contributed by atoms with E-state index in [0.29, 0.717) is 0 Å². The molecule has 0 bridgehead atoms. The molecule has 5 heteroatoms. The van der Waals surface area contributed by atoms with Crippen LogP contribution in [0.4, 0.5) is 10.1 Å². The summed E-state index contributed by atoms with van der Waals surface area (Å²) in [7, 11) is 0. The van der Waals surface area contributed by atoms with Crippen LogP contribution in [-0.2, 0) is 6.54 Å². The molecule has 23 heavy (non-hydrogen) atoms. The molecule has 0 spiro atoms. The highest BCUT2D eigenvalue weighted by Crippen LogP contribution is 2.22. The van der Waals surface area contributed by atoms with Crippen molar-refractivity contribution in [1.29, 1.82) is 0 Å². The highest BCUT2D eigenvalue weighted by Gasteiger charge is 2.19. The Morgan fingerprint density at radius 2 is 1.87 bits per heavy atom. The minimum atomic E-state index is -0.128. The molecule has 0 saturated carbocycles. The van der Waals surface area contributed by atoms with Crippen molar-refractivity contribution in [3.05, 3.63) is 59.4 Å². The predicted octanol–water partition coefficient (Wildman–Crippen LogP) is 3.76. The van der Waals surface area contributed by atoms with Crippen LogP contribution in [0.3, 0.4) is 0 Å². The molecule has 2 heterocycles. The zero-order valence-corrected chi connectivity index (χ0v) is 13.6. The van der Waals surface area contributed by atoms with Gasteiger partial charge in [-0.15, -0.1) is 11.3 Å². The van der Waals surface area contributed by atoms with E-state index in [1.54, 1.807) is 17.4 Å². The second-order valence-corrected chi connectivity index (χ2v) is 6.76. The number of thiazole rings is 1. The first-order valence-corrected chi connectivity index (χ1v) is 8.71. The number of rotatable bonds is 3. The van der Waals surface area contributed by atoms with Crippen LogP contribution in [0.5, 0.6) is 0 Å². The minimum Gasteiger partial charge on any atom is -0.367 e. The van der Waals surface area contributed by atoms with Crippen molar-refractivity contribution in [1.82, 2.24) is 9.88 Å². The summed E-state index contributed by atoms with van der Waals surface area (Å²) in [6.45, 7) is 4.58. The molecular formula is C18H18FN3S. The molecule has 3 nitrogen and oxygen atoms in total. The van der Waals surface area contributed by atoms with Crippen molar-refractivity contribution in [3.8, 4) is 0 Å². The Morgan fingerprint density at radius 1 is 1.04 bits per heavy atom. The van der Waals surface area contributed by atoms with Crippen molar-refractivity contribution in [2.75, 3.05) is 31.1 Å². The molecule has 0 unspecified atom stereocenters. The fraction of sp³-hybridized carbons (Fsp3) is 0.278. The maximum absolute atomic E-state index is 13.9. The van der Waals surface area contributed by atoms with Gasteiger partial charge in [-0.3, -0.25) is 4.90 Å². The van der Waals surface area contributed by atoms with Gasteiger partial charge in [0.05, 0.1) is 21.4 Å².